The molecule has 0 saturated carbocycles. The van der Waals surface area contributed by atoms with Gasteiger partial charge in [0, 0.05) is 24.1 Å². The molecule has 1 aliphatic carbocycles. The predicted molar refractivity (Wildman–Crippen MR) is 91.8 cm³/mol. The van der Waals surface area contributed by atoms with E-state index in [1.165, 1.54) is 5.57 Å². The summed E-state index contributed by atoms with van der Waals surface area (Å²) in [6, 6.07) is 0.395. The third kappa shape index (κ3) is 3.71. The topological polar surface area (TPSA) is 61.8 Å². The lowest BCUT2D eigenvalue weighted by Crippen LogP contribution is -2.40. The summed E-state index contributed by atoms with van der Waals surface area (Å²) in [6.07, 6.45) is 9.15. The van der Waals surface area contributed by atoms with Crippen molar-refractivity contribution in [2.24, 2.45) is 16.9 Å². The van der Waals surface area contributed by atoms with Gasteiger partial charge in [0.2, 0.25) is 12.3 Å². The average Bonchev–Trinajstić information content (AvgIpc) is 2.89. The summed E-state index contributed by atoms with van der Waals surface area (Å²) < 4.78 is 0. The second-order valence-corrected chi connectivity index (χ2v) is 6.52. The van der Waals surface area contributed by atoms with Crippen LogP contribution in [0.3, 0.4) is 0 Å². The zero-order chi connectivity index (χ0) is 17.0. The van der Waals surface area contributed by atoms with Gasteiger partial charge in [-0.05, 0) is 32.6 Å². The largest absolute Gasteiger partial charge is 0.299 e. The number of hydrazone groups is 1. The molecule has 2 rings (SSSR count). The van der Waals surface area contributed by atoms with Gasteiger partial charge in [-0.2, -0.15) is 5.10 Å². The normalized spacial score (nSPS) is 25.3. The average molecular weight is 317 g/mol. The van der Waals surface area contributed by atoms with E-state index in [1.54, 1.807) is 0 Å². The van der Waals surface area contributed by atoms with Crippen molar-refractivity contribution in [3.8, 4) is 0 Å². The monoisotopic (exact) mass is 317 g/mol. The molecule has 0 radical (unpaired) electrons. The number of nitrogens with one attached hydrogen (secondary N) is 1. The zero-order valence-electron chi connectivity index (χ0n) is 14.5. The van der Waals surface area contributed by atoms with Crippen molar-refractivity contribution in [3.05, 3.63) is 23.8 Å². The van der Waals surface area contributed by atoms with Crippen LogP contribution in [0.5, 0.6) is 0 Å². The maximum Gasteiger partial charge on any atom is 0.226 e. The smallest absolute Gasteiger partial charge is 0.226 e. The van der Waals surface area contributed by atoms with Crippen molar-refractivity contribution in [2.75, 3.05) is 0 Å². The van der Waals surface area contributed by atoms with Crippen LogP contribution in [0.2, 0.25) is 0 Å². The Labute approximate surface area is 138 Å². The van der Waals surface area contributed by atoms with Gasteiger partial charge in [-0.1, -0.05) is 37.6 Å². The van der Waals surface area contributed by atoms with Gasteiger partial charge < -0.3 is 0 Å². The minimum absolute atomic E-state index is 0.151. The summed E-state index contributed by atoms with van der Waals surface area (Å²) in [5.41, 5.74) is 2.60. The first kappa shape index (κ1) is 17.4. The Bertz CT molecular complexity index is 550. The maximum atomic E-state index is 11.5. The quantitative estimate of drug-likeness (QED) is 0.734. The third-order valence-electron chi connectivity index (χ3n) is 4.97. The van der Waals surface area contributed by atoms with E-state index < -0.39 is 0 Å². The minimum atomic E-state index is -0.234. The second-order valence-electron chi connectivity index (χ2n) is 6.52. The molecule has 1 aliphatic heterocycles. The predicted octanol–water partition coefficient (Wildman–Crippen LogP) is 2.65. The van der Waals surface area contributed by atoms with Gasteiger partial charge in [0.05, 0.1) is 6.04 Å². The van der Waals surface area contributed by atoms with Crippen LogP contribution >= 0.6 is 0 Å². The van der Waals surface area contributed by atoms with E-state index in [9.17, 15) is 9.59 Å². The number of carbonyl (C=O) groups is 2. The molecule has 126 valence electrons. The number of fused-ring (bicyclic) bond motifs is 1. The number of hydrogen-bond acceptors (Lipinski definition) is 4. The van der Waals surface area contributed by atoms with Gasteiger partial charge in [0.25, 0.3) is 0 Å². The van der Waals surface area contributed by atoms with E-state index in [4.69, 9.17) is 5.10 Å². The molecule has 5 heteroatoms. The van der Waals surface area contributed by atoms with E-state index in [2.05, 4.69) is 56.2 Å². The molecule has 0 aromatic carbocycles. The molecule has 1 N–H and O–H groups in total. The Balaban J connectivity index is 2.06. The van der Waals surface area contributed by atoms with Gasteiger partial charge in [-0.25, -0.2) is 0 Å². The van der Waals surface area contributed by atoms with Gasteiger partial charge >= 0.3 is 0 Å². The first-order chi connectivity index (χ1) is 11.0. The fourth-order valence-corrected chi connectivity index (χ4v) is 3.44. The number of amides is 2. The molecule has 4 unspecified atom stereocenters. The summed E-state index contributed by atoms with van der Waals surface area (Å²) in [4.78, 5) is 21.8. The summed E-state index contributed by atoms with van der Waals surface area (Å²) in [7, 11) is 0. The van der Waals surface area contributed by atoms with Crippen molar-refractivity contribution in [1.82, 2.24) is 10.3 Å². The molecule has 0 aromatic heterocycles. The Hall–Kier alpha value is -1.91. The molecule has 0 fully saturated rings. The number of imide groups is 1. The first-order valence-corrected chi connectivity index (χ1v) is 8.44. The molecule has 4 atom stereocenters. The van der Waals surface area contributed by atoms with Gasteiger partial charge in [0.1, 0.15) is 0 Å². The van der Waals surface area contributed by atoms with Crippen LogP contribution in [0.4, 0.5) is 0 Å². The standard InChI is InChI=1S/C18H27N3O2/c1-5-12(2)15-7-6-8-16-18(15)14(4)20-21(16)13(3)9-10-17(23)19-11-22/h6-8,11-13,16,18H,5,9-10H2,1-4H3,(H,19,22,23). The molecule has 0 bridgehead atoms. The number of hydrogen-bond donors (Lipinski definition) is 1. The Morgan fingerprint density at radius 2 is 2.22 bits per heavy atom. The number of rotatable bonds is 7. The van der Waals surface area contributed by atoms with Crippen molar-refractivity contribution >= 4 is 18.0 Å². The van der Waals surface area contributed by atoms with Crippen LogP contribution in [0.25, 0.3) is 0 Å². The van der Waals surface area contributed by atoms with Crippen LogP contribution in [-0.2, 0) is 9.59 Å². The molecular formula is C18H27N3O2. The van der Waals surface area contributed by atoms with E-state index in [0.717, 1.165) is 12.1 Å². The van der Waals surface area contributed by atoms with Crippen molar-refractivity contribution in [1.29, 1.82) is 0 Å². The van der Waals surface area contributed by atoms with Gasteiger partial charge in [0.15, 0.2) is 0 Å². The zero-order valence-corrected chi connectivity index (χ0v) is 14.5. The third-order valence-corrected chi connectivity index (χ3v) is 4.97. The number of carbonyl (C=O) groups excluding carboxylic acids is 2. The summed E-state index contributed by atoms with van der Waals surface area (Å²) in [6.45, 7) is 8.67. The minimum Gasteiger partial charge on any atom is -0.299 e. The second kappa shape index (κ2) is 7.57. The van der Waals surface area contributed by atoms with E-state index in [1.807, 2.05) is 0 Å². The SMILES string of the molecule is CCC(C)C1=CC=CC2C1C(C)=NN2C(C)CCC(=O)NC=O. The molecule has 0 saturated heterocycles. The Morgan fingerprint density at radius 1 is 1.48 bits per heavy atom. The Morgan fingerprint density at radius 3 is 2.87 bits per heavy atom. The lowest BCUT2D eigenvalue weighted by Gasteiger charge is -2.34. The molecule has 0 spiro atoms. The number of nitrogens with zero attached hydrogens (tertiary/aromatic N) is 2. The van der Waals surface area contributed by atoms with Crippen LogP contribution in [0, 0.1) is 11.8 Å². The first-order valence-electron chi connectivity index (χ1n) is 8.44. The lowest BCUT2D eigenvalue weighted by atomic mass is 9.78. The molecule has 2 aliphatic rings. The summed E-state index contributed by atoms with van der Waals surface area (Å²) >= 11 is 0. The maximum absolute atomic E-state index is 11.5. The molecule has 5 nitrogen and oxygen atoms in total. The van der Waals surface area contributed by atoms with E-state index >= 15 is 0 Å². The van der Waals surface area contributed by atoms with E-state index in [-0.39, 0.29) is 18.0 Å². The van der Waals surface area contributed by atoms with Gasteiger partial charge in [-0.15, -0.1) is 0 Å². The highest BCUT2D eigenvalue weighted by Gasteiger charge is 2.39. The molecular weight excluding hydrogens is 290 g/mol. The fraction of sp³-hybridized carbons (Fsp3) is 0.611. The highest BCUT2D eigenvalue weighted by Crippen LogP contribution is 2.38. The van der Waals surface area contributed by atoms with Crippen LogP contribution in [0.1, 0.15) is 47.0 Å². The molecule has 2 amide bonds. The van der Waals surface area contributed by atoms with Crippen molar-refractivity contribution < 1.29 is 9.59 Å². The lowest BCUT2D eigenvalue weighted by molar-refractivity contribution is -0.125. The molecule has 0 aromatic rings. The van der Waals surface area contributed by atoms with Crippen LogP contribution < -0.4 is 5.32 Å². The van der Waals surface area contributed by atoms with Crippen molar-refractivity contribution in [3.63, 3.8) is 0 Å². The summed E-state index contributed by atoms with van der Waals surface area (Å²) in [5.74, 6) is 0.662. The number of allylic oxidation sites excluding steroid dienone is 2. The van der Waals surface area contributed by atoms with E-state index in [0.29, 0.717) is 31.1 Å². The van der Waals surface area contributed by atoms with Crippen molar-refractivity contribution in [2.45, 2.75) is 59.0 Å². The Kier molecular flexibility index (Phi) is 5.74. The van der Waals surface area contributed by atoms with Crippen LogP contribution in [0.15, 0.2) is 28.9 Å². The highest BCUT2D eigenvalue weighted by atomic mass is 16.2. The van der Waals surface area contributed by atoms with Gasteiger partial charge in [-0.3, -0.25) is 19.9 Å². The molecule has 23 heavy (non-hydrogen) atoms. The highest BCUT2D eigenvalue weighted by molar-refractivity contribution is 5.90. The molecule has 1 heterocycles. The fourth-order valence-electron chi connectivity index (χ4n) is 3.44. The summed E-state index contributed by atoms with van der Waals surface area (Å²) in [5, 5.41) is 9.09. The van der Waals surface area contributed by atoms with Crippen LogP contribution in [-0.4, -0.2) is 35.1 Å².